The van der Waals surface area contributed by atoms with E-state index in [1.54, 1.807) is 6.07 Å². The minimum Gasteiger partial charge on any atom is -0.507 e. The number of nitro groups is 2. The number of hydrogen-bond donors (Lipinski definition) is 2. The van der Waals surface area contributed by atoms with E-state index in [2.05, 4.69) is 26.5 Å². The highest BCUT2D eigenvalue weighted by molar-refractivity contribution is 9.10. The third-order valence-electron chi connectivity index (χ3n) is 2.94. The fourth-order valence-corrected chi connectivity index (χ4v) is 2.17. The molecule has 25 heavy (non-hydrogen) atoms. The van der Waals surface area contributed by atoms with Crippen LogP contribution in [0.1, 0.15) is 15.9 Å². The van der Waals surface area contributed by atoms with E-state index in [0.29, 0.717) is 10.0 Å². The Morgan fingerprint density at radius 2 is 1.72 bits per heavy atom. The van der Waals surface area contributed by atoms with Gasteiger partial charge >= 0.3 is 0 Å². The summed E-state index contributed by atoms with van der Waals surface area (Å²) in [4.78, 5) is 31.9. The SMILES string of the molecule is O=C(NN=Cc1ccc(O)c(Br)c1)c1cc([N+](=O)[O-])cc([N+](=O)[O-])c1. The van der Waals surface area contributed by atoms with Crippen molar-refractivity contribution in [3.05, 3.63) is 72.2 Å². The first-order valence-electron chi connectivity index (χ1n) is 6.53. The Bertz CT molecular complexity index is 867. The zero-order valence-corrected chi connectivity index (χ0v) is 13.8. The van der Waals surface area contributed by atoms with Crippen LogP contribution in [0.25, 0.3) is 0 Å². The van der Waals surface area contributed by atoms with E-state index >= 15 is 0 Å². The van der Waals surface area contributed by atoms with Crippen molar-refractivity contribution in [1.29, 1.82) is 0 Å². The number of benzene rings is 2. The van der Waals surface area contributed by atoms with E-state index in [0.717, 1.165) is 18.2 Å². The summed E-state index contributed by atoms with van der Waals surface area (Å²) >= 11 is 3.12. The predicted molar refractivity (Wildman–Crippen MR) is 90.6 cm³/mol. The van der Waals surface area contributed by atoms with Crippen LogP contribution in [0.2, 0.25) is 0 Å². The Labute approximate surface area is 148 Å². The van der Waals surface area contributed by atoms with Crippen molar-refractivity contribution >= 4 is 39.4 Å². The van der Waals surface area contributed by atoms with Crippen molar-refractivity contribution in [3.8, 4) is 5.75 Å². The maximum Gasteiger partial charge on any atom is 0.277 e. The molecule has 0 aromatic heterocycles. The first-order valence-corrected chi connectivity index (χ1v) is 7.33. The molecule has 2 rings (SSSR count). The third-order valence-corrected chi connectivity index (χ3v) is 3.57. The Hall–Kier alpha value is -3.34. The number of phenolic OH excluding ortho intramolecular Hbond substituents is 1. The van der Waals surface area contributed by atoms with E-state index in [4.69, 9.17) is 0 Å². The van der Waals surface area contributed by atoms with Crippen LogP contribution < -0.4 is 5.43 Å². The molecule has 0 spiro atoms. The van der Waals surface area contributed by atoms with E-state index in [1.165, 1.54) is 18.3 Å². The largest absolute Gasteiger partial charge is 0.507 e. The van der Waals surface area contributed by atoms with E-state index in [1.807, 2.05) is 0 Å². The number of carbonyl (C=O) groups is 1. The van der Waals surface area contributed by atoms with Crippen LogP contribution in [0.4, 0.5) is 11.4 Å². The molecular weight excluding hydrogens is 400 g/mol. The number of phenols is 1. The van der Waals surface area contributed by atoms with Crippen LogP contribution in [0.5, 0.6) is 5.75 Å². The van der Waals surface area contributed by atoms with Crippen molar-refractivity contribution in [1.82, 2.24) is 5.43 Å². The molecule has 0 bridgehead atoms. The number of non-ortho nitro benzene ring substituents is 2. The fourth-order valence-electron chi connectivity index (χ4n) is 1.77. The lowest BCUT2D eigenvalue weighted by Crippen LogP contribution is -2.18. The Kier molecular flexibility index (Phi) is 5.39. The third kappa shape index (κ3) is 4.57. The molecule has 0 fully saturated rings. The van der Waals surface area contributed by atoms with Crippen LogP contribution >= 0.6 is 15.9 Å². The second kappa shape index (κ2) is 7.49. The summed E-state index contributed by atoms with van der Waals surface area (Å²) in [5.41, 5.74) is 1.24. The molecular formula is C14H9BrN4O6. The first-order chi connectivity index (χ1) is 11.8. The molecule has 2 aromatic carbocycles. The van der Waals surface area contributed by atoms with Gasteiger partial charge in [-0.1, -0.05) is 0 Å². The Morgan fingerprint density at radius 1 is 1.12 bits per heavy atom. The molecule has 11 heteroatoms. The van der Waals surface area contributed by atoms with Crippen molar-refractivity contribution in [3.63, 3.8) is 0 Å². The zero-order chi connectivity index (χ0) is 18.6. The second-order valence-electron chi connectivity index (χ2n) is 4.66. The summed E-state index contributed by atoms with van der Waals surface area (Å²) in [5, 5.41) is 34.7. The molecule has 2 aromatic rings. The number of hydrogen-bond acceptors (Lipinski definition) is 7. The number of nitro benzene ring substituents is 2. The molecule has 128 valence electrons. The quantitative estimate of drug-likeness (QED) is 0.441. The average molecular weight is 409 g/mol. The minimum absolute atomic E-state index is 0.0325. The second-order valence-corrected chi connectivity index (χ2v) is 5.52. The Morgan fingerprint density at radius 3 is 2.24 bits per heavy atom. The first kappa shape index (κ1) is 18.0. The average Bonchev–Trinajstić information content (AvgIpc) is 2.57. The zero-order valence-electron chi connectivity index (χ0n) is 12.2. The number of nitrogens with zero attached hydrogens (tertiary/aromatic N) is 3. The summed E-state index contributed by atoms with van der Waals surface area (Å²) in [6.07, 6.45) is 1.27. The maximum atomic E-state index is 12.0. The number of halogens is 1. The molecule has 2 N–H and O–H groups in total. The van der Waals surface area contributed by atoms with Crippen LogP contribution in [0.3, 0.4) is 0 Å². The van der Waals surface area contributed by atoms with Gasteiger partial charge in [0, 0.05) is 12.1 Å². The maximum absolute atomic E-state index is 12.0. The van der Waals surface area contributed by atoms with E-state index < -0.39 is 27.1 Å². The number of rotatable bonds is 5. The van der Waals surface area contributed by atoms with Gasteiger partial charge in [-0.2, -0.15) is 5.10 Å². The minimum atomic E-state index is -0.846. The normalized spacial score (nSPS) is 10.6. The van der Waals surface area contributed by atoms with Crippen LogP contribution in [0.15, 0.2) is 46.0 Å². The number of hydrazone groups is 1. The molecule has 0 aliphatic heterocycles. The Balaban J connectivity index is 2.19. The summed E-state index contributed by atoms with van der Waals surface area (Å²) in [6.45, 7) is 0. The molecule has 0 unspecified atom stereocenters. The summed E-state index contributed by atoms with van der Waals surface area (Å²) in [5.74, 6) is -0.814. The molecule has 0 aliphatic rings. The van der Waals surface area contributed by atoms with Gasteiger partial charge < -0.3 is 5.11 Å². The van der Waals surface area contributed by atoms with Gasteiger partial charge in [0.25, 0.3) is 17.3 Å². The highest BCUT2D eigenvalue weighted by atomic mass is 79.9. The number of nitrogens with one attached hydrogen (secondary N) is 1. The van der Waals surface area contributed by atoms with E-state index in [9.17, 15) is 30.1 Å². The van der Waals surface area contributed by atoms with Crippen LogP contribution in [0, 0.1) is 20.2 Å². The molecule has 0 saturated carbocycles. The van der Waals surface area contributed by atoms with Gasteiger partial charge in [0.05, 0.1) is 32.2 Å². The van der Waals surface area contributed by atoms with Crippen LogP contribution in [-0.2, 0) is 0 Å². The smallest absolute Gasteiger partial charge is 0.277 e. The molecule has 0 atom stereocenters. The van der Waals surface area contributed by atoms with Crippen molar-refractivity contribution in [2.24, 2.45) is 5.10 Å². The van der Waals surface area contributed by atoms with Gasteiger partial charge in [0.15, 0.2) is 0 Å². The summed E-state index contributed by atoms with van der Waals surface area (Å²) < 4.78 is 0.428. The summed E-state index contributed by atoms with van der Waals surface area (Å²) in [7, 11) is 0. The lowest BCUT2D eigenvalue weighted by atomic mass is 10.1. The van der Waals surface area contributed by atoms with Gasteiger partial charge in [-0.05, 0) is 39.7 Å². The molecule has 0 aliphatic carbocycles. The predicted octanol–water partition coefficient (Wildman–Crippen LogP) is 2.74. The highest BCUT2D eigenvalue weighted by Crippen LogP contribution is 2.24. The van der Waals surface area contributed by atoms with Gasteiger partial charge in [-0.25, -0.2) is 5.43 Å². The molecule has 0 saturated heterocycles. The van der Waals surface area contributed by atoms with Crippen molar-refractivity contribution < 1.29 is 19.7 Å². The number of amides is 1. The molecule has 0 heterocycles. The van der Waals surface area contributed by atoms with E-state index in [-0.39, 0.29) is 11.3 Å². The van der Waals surface area contributed by atoms with Gasteiger partial charge in [-0.15, -0.1) is 0 Å². The van der Waals surface area contributed by atoms with Crippen LogP contribution in [-0.4, -0.2) is 27.1 Å². The van der Waals surface area contributed by atoms with Gasteiger partial charge in [-0.3, -0.25) is 25.0 Å². The number of aromatic hydroxyl groups is 1. The molecule has 10 nitrogen and oxygen atoms in total. The molecule has 1 amide bonds. The highest BCUT2D eigenvalue weighted by Gasteiger charge is 2.19. The summed E-state index contributed by atoms with van der Waals surface area (Å²) in [6, 6.07) is 7.08. The van der Waals surface area contributed by atoms with Gasteiger partial charge in [0.2, 0.25) is 0 Å². The standard InChI is InChI=1S/C14H9BrN4O6/c15-12-3-8(1-2-13(12)20)7-16-17-14(21)9-4-10(18(22)23)6-11(5-9)19(24)25/h1-7,20H,(H,17,21). The number of carbonyl (C=O) groups excluding carboxylic acids is 1. The fraction of sp³-hybridized carbons (Fsp3) is 0. The topological polar surface area (TPSA) is 148 Å². The van der Waals surface area contributed by atoms with Crippen molar-refractivity contribution in [2.45, 2.75) is 0 Å². The van der Waals surface area contributed by atoms with Gasteiger partial charge in [0.1, 0.15) is 5.75 Å². The van der Waals surface area contributed by atoms with Crippen molar-refractivity contribution in [2.75, 3.05) is 0 Å². The lowest BCUT2D eigenvalue weighted by molar-refractivity contribution is -0.394. The lowest BCUT2D eigenvalue weighted by Gasteiger charge is -2.01. The monoisotopic (exact) mass is 408 g/mol. The molecule has 0 radical (unpaired) electrons.